The molecule has 0 atom stereocenters. The van der Waals surface area contributed by atoms with Crippen LogP contribution in [0.3, 0.4) is 0 Å². The number of methoxy groups -OCH3 is 1. The summed E-state index contributed by atoms with van der Waals surface area (Å²) < 4.78 is 16.8. The van der Waals surface area contributed by atoms with Gasteiger partial charge in [0, 0.05) is 17.6 Å². The van der Waals surface area contributed by atoms with E-state index in [4.69, 9.17) is 24.4 Å². The monoisotopic (exact) mass is 432 g/mol. The van der Waals surface area contributed by atoms with Crippen LogP contribution in [0.5, 0.6) is 17.2 Å². The van der Waals surface area contributed by atoms with Gasteiger partial charge in [0.05, 0.1) is 33.2 Å². The van der Waals surface area contributed by atoms with Gasteiger partial charge in [-0.3, -0.25) is 9.59 Å². The average molecular weight is 433 g/mol. The molecule has 0 unspecified atom stereocenters. The summed E-state index contributed by atoms with van der Waals surface area (Å²) >= 11 is 3.21. The number of hydrogen-bond acceptors (Lipinski definition) is 7. The van der Waals surface area contributed by atoms with Crippen LogP contribution in [-0.4, -0.2) is 65.5 Å². The molecule has 0 fully saturated rings. The van der Waals surface area contributed by atoms with Crippen molar-refractivity contribution in [2.75, 3.05) is 43.3 Å². The first-order valence-electron chi connectivity index (χ1n) is 9.05. The Morgan fingerprint density at radius 1 is 0.857 bits per heavy atom. The standard InChI is InChI=1S/C19H28O7S2/c1-24-17-14-15(25-8-2-10-27-12-6-18(20)21)4-5-16(17)26-9-3-11-28-13-7-19(22)23/h4-5,14H,2-3,6-13H2,1H3,(H,20,21)(H,22,23). The molecule has 1 rings (SSSR count). The second-order valence-corrected chi connectivity index (χ2v) is 8.18. The minimum Gasteiger partial charge on any atom is -0.493 e. The van der Waals surface area contributed by atoms with E-state index >= 15 is 0 Å². The number of thioether (sulfide) groups is 2. The van der Waals surface area contributed by atoms with Gasteiger partial charge in [0.1, 0.15) is 5.75 Å². The average Bonchev–Trinajstić information content (AvgIpc) is 2.66. The van der Waals surface area contributed by atoms with Gasteiger partial charge in [-0.1, -0.05) is 0 Å². The Kier molecular flexibility index (Phi) is 13.2. The smallest absolute Gasteiger partial charge is 0.304 e. The third-order valence-corrected chi connectivity index (χ3v) is 5.59. The lowest BCUT2D eigenvalue weighted by Gasteiger charge is -2.13. The van der Waals surface area contributed by atoms with Crippen LogP contribution in [0, 0.1) is 0 Å². The zero-order chi connectivity index (χ0) is 20.6. The molecule has 2 N–H and O–H groups in total. The largest absolute Gasteiger partial charge is 0.493 e. The molecule has 0 amide bonds. The lowest BCUT2D eigenvalue weighted by molar-refractivity contribution is -0.137. The Labute approximate surface area is 174 Å². The van der Waals surface area contributed by atoms with Crippen LogP contribution in [0.25, 0.3) is 0 Å². The van der Waals surface area contributed by atoms with E-state index in [2.05, 4.69) is 0 Å². The van der Waals surface area contributed by atoms with Gasteiger partial charge in [-0.05, 0) is 36.5 Å². The van der Waals surface area contributed by atoms with Crippen LogP contribution in [0.15, 0.2) is 18.2 Å². The van der Waals surface area contributed by atoms with Gasteiger partial charge >= 0.3 is 11.9 Å². The predicted octanol–water partition coefficient (Wildman–Crippen LogP) is 3.65. The molecule has 0 aliphatic carbocycles. The van der Waals surface area contributed by atoms with Crippen LogP contribution < -0.4 is 14.2 Å². The van der Waals surface area contributed by atoms with Crippen LogP contribution in [0.2, 0.25) is 0 Å². The van der Waals surface area contributed by atoms with Crippen molar-refractivity contribution in [1.82, 2.24) is 0 Å². The molecule has 1 aromatic carbocycles. The minimum absolute atomic E-state index is 0.182. The summed E-state index contributed by atoms with van der Waals surface area (Å²) in [6.07, 6.45) is 2.03. The number of carbonyl (C=O) groups is 2. The molecule has 0 radical (unpaired) electrons. The number of ether oxygens (including phenoxy) is 3. The Bertz CT molecular complexity index is 596. The number of aliphatic carboxylic acids is 2. The zero-order valence-corrected chi connectivity index (χ0v) is 17.7. The molecule has 0 aromatic heterocycles. The van der Waals surface area contributed by atoms with Gasteiger partial charge in [0.2, 0.25) is 0 Å². The Hall–Kier alpha value is -1.74. The molecule has 158 valence electrons. The van der Waals surface area contributed by atoms with E-state index in [1.807, 2.05) is 12.1 Å². The molecule has 0 aliphatic rings. The maximum absolute atomic E-state index is 10.4. The number of benzene rings is 1. The molecular weight excluding hydrogens is 404 g/mol. The van der Waals surface area contributed by atoms with Crippen LogP contribution in [0.4, 0.5) is 0 Å². The van der Waals surface area contributed by atoms with E-state index in [9.17, 15) is 9.59 Å². The highest BCUT2D eigenvalue weighted by Gasteiger charge is 2.07. The number of carboxylic acid groups (broad SMARTS) is 2. The summed E-state index contributed by atoms with van der Waals surface area (Å²) in [6, 6.07) is 5.43. The van der Waals surface area contributed by atoms with Crippen molar-refractivity contribution >= 4 is 35.5 Å². The molecule has 0 bridgehead atoms. The lowest BCUT2D eigenvalue weighted by Crippen LogP contribution is -2.03. The van der Waals surface area contributed by atoms with Gasteiger partial charge < -0.3 is 24.4 Å². The second-order valence-electron chi connectivity index (χ2n) is 5.73. The molecule has 9 heteroatoms. The first kappa shape index (κ1) is 24.3. The van der Waals surface area contributed by atoms with E-state index in [0.717, 1.165) is 24.3 Å². The van der Waals surface area contributed by atoms with Crippen molar-refractivity contribution in [2.24, 2.45) is 0 Å². The maximum Gasteiger partial charge on any atom is 0.304 e. The third kappa shape index (κ3) is 11.9. The Morgan fingerprint density at radius 3 is 1.96 bits per heavy atom. The summed E-state index contributed by atoms with van der Waals surface area (Å²) in [6.45, 7) is 1.08. The molecule has 28 heavy (non-hydrogen) atoms. The topological polar surface area (TPSA) is 102 Å². The molecule has 7 nitrogen and oxygen atoms in total. The minimum atomic E-state index is -0.771. The summed E-state index contributed by atoms with van der Waals surface area (Å²) in [5.74, 6) is 3.35. The molecule has 1 aromatic rings. The van der Waals surface area contributed by atoms with E-state index < -0.39 is 11.9 Å². The Balaban J connectivity index is 2.23. The van der Waals surface area contributed by atoms with E-state index in [0.29, 0.717) is 42.0 Å². The molecule has 0 aliphatic heterocycles. The molecular formula is C19H28O7S2. The van der Waals surface area contributed by atoms with Crippen molar-refractivity contribution in [3.05, 3.63) is 18.2 Å². The van der Waals surface area contributed by atoms with E-state index in [-0.39, 0.29) is 12.8 Å². The summed E-state index contributed by atoms with van der Waals surface area (Å²) in [7, 11) is 1.58. The normalized spacial score (nSPS) is 10.5. The van der Waals surface area contributed by atoms with Crippen molar-refractivity contribution in [3.8, 4) is 17.2 Å². The van der Waals surface area contributed by atoms with Crippen LogP contribution in [-0.2, 0) is 9.59 Å². The second kappa shape index (κ2) is 15.2. The number of rotatable bonds is 17. The lowest BCUT2D eigenvalue weighted by atomic mass is 10.3. The fraction of sp³-hybridized carbons (Fsp3) is 0.579. The van der Waals surface area contributed by atoms with E-state index in [1.165, 1.54) is 0 Å². The van der Waals surface area contributed by atoms with Gasteiger partial charge in [0.15, 0.2) is 11.5 Å². The van der Waals surface area contributed by atoms with E-state index in [1.54, 1.807) is 36.7 Å². The van der Waals surface area contributed by atoms with Crippen molar-refractivity contribution in [2.45, 2.75) is 25.7 Å². The number of hydrogen-bond donors (Lipinski definition) is 2. The molecule has 0 heterocycles. The summed E-state index contributed by atoms with van der Waals surface area (Å²) in [5.41, 5.74) is 0. The first-order valence-corrected chi connectivity index (χ1v) is 11.4. The molecule has 0 spiro atoms. The zero-order valence-electron chi connectivity index (χ0n) is 16.1. The van der Waals surface area contributed by atoms with Gasteiger partial charge in [0.25, 0.3) is 0 Å². The van der Waals surface area contributed by atoms with Gasteiger partial charge in [-0.15, -0.1) is 0 Å². The predicted molar refractivity (Wildman–Crippen MR) is 112 cm³/mol. The van der Waals surface area contributed by atoms with Crippen molar-refractivity contribution in [1.29, 1.82) is 0 Å². The number of carboxylic acids is 2. The Morgan fingerprint density at radius 2 is 1.43 bits per heavy atom. The fourth-order valence-corrected chi connectivity index (χ4v) is 3.76. The van der Waals surface area contributed by atoms with Crippen molar-refractivity contribution < 1.29 is 34.0 Å². The fourth-order valence-electron chi connectivity index (χ4n) is 2.07. The highest BCUT2D eigenvalue weighted by atomic mass is 32.2. The molecule has 0 saturated heterocycles. The maximum atomic E-state index is 10.4. The summed E-state index contributed by atoms with van der Waals surface area (Å²) in [5, 5.41) is 17.2. The van der Waals surface area contributed by atoms with Crippen LogP contribution in [0.1, 0.15) is 25.7 Å². The highest BCUT2D eigenvalue weighted by molar-refractivity contribution is 7.99. The van der Waals surface area contributed by atoms with Crippen LogP contribution >= 0.6 is 23.5 Å². The quantitative estimate of drug-likeness (QED) is 0.357. The third-order valence-electron chi connectivity index (χ3n) is 3.45. The SMILES string of the molecule is COc1cc(OCCCSCCC(=O)O)ccc1OCCCSCCC(=O)O. The first-order chi connectivity index (χ1) is 13.5. The van der Waals surface area contributed by atoms with Gasteiger partial charge in [-0.2, -0.15) is 23.5 Å². The summed E-state index contributed by atoms with van der Waals surface area (Å²) in [4.78, 5) is 20.9. The highest BCUT2D eigenvalue weighted by Crippen LogP contribution is 2.31. The van der Waals surface area contributed by atoms with Gasteiger partial charge in [-0.25, -0.2) is 0 Å². The molecule has 0 saturated carbocycles. The van der Waals surface area contributed by atoms with Crippen molar-refractivity contribution in [3.63, 3.8) is 0 Å².